The first-order chi connectivity index (χ1) is 11.6. The van der Waals surface area contributed by atoms with E-state index in [0.29, 0.717) is 5.75 Å². The summed E-state index contributed by atoms with van der Waals surface area (Å²) in [6, 6.07) is 5.51. The van der Waals surface area contributed by atoms with Crippen molar-refractivity contribution in [2.24, 2.45) is 5.16 Å². The number of ether oxygens (including phenoxy) is 2. The van der Waals surface area contributed by atoms with Crippen LogP contribution in [0.3, 0.4) is 0 Å². The highest BCUT2D eigenvalue weighted by molar-refractivity contribution is 6.62. The average molecular weight is 349 g/mol. The molecule has 1 aromatic carbocycles. The number of methoxy groups -OCH3 is 1. The number of carbonyl (C=O) groups is 1. The first kappa shape index (κ1) is 19.3. The van der Waals surface area contributed by atoms with Crippen LogP contribution >= 0.6 is 0 Å². The molecule has 0 aromatic heterocycles. The Labute approximate surface area is 148 Å². The van der Waals surface area contributed by atoms with Crippen molar-refractivity contribution >= 4 is 24.4 Å². The average Bonchev–Trinajstić information content (AvgIpc) is 2.76. The second-order valence-corrected chi connectivity index (χ2v) is 6.79. The van der Waals surface area contributed by atoms with Crippen LogP contribution in [0.5, 0.6) is 5.75 Å². The monoisotopic (exact) mass is 349 g/mol. The van der Waals surface area contributed by atoms with Crippen LogP contribution in [0.4, 0.5) is 0 Å². The van der Waals surface area contributed by atoms with Gasteiger partial charge in [0, 0.05) is 0 Å². The Morgan fingerprint density at radius 3 is 2.24 bits per heavy atom. The number of rotatable bonds is 3. The highest BCUT2D eigenvalue weighted by Crippen LogP contribution is 2.36. The molecular weight excluding hydrogens is 325 g/mol. The maximum Gasteiger partial charge on any atom is 0.494 e. The molecular formula is C17H24BNO6. The van der Waals surface area contributed by atoms with E-state index in [0.717, 1.165) is 11.0 Å². The zero-order valence-corrected chi connectivity index (χ0v) is 15.7. The van der Waals surface area contributed by atoms with Crippen molar-refractivity contribution in [2.45, 2.75) is 45.8 Å². The van der Waals surface area contributed by atoms with Gasteiger partial charge in [-0.05, 0) is 56.9 Å². The molecule has 0 unspecified atom stereocenters. The third kappa shape index (κ3) is 3.96. The van der Waals surface area contributed by atoms with Gasteiger partial charge in [0.05, 0.1) is 18.3 Å². The standard InChI is InChI=1S/C17H24BNO6/c1-11-8-9-12(18-24-16(2,3)17(4,5)25-18)10-13(11)23-14(19-22-7)15(20)21-6/h8-10H,1-7H3/b19-14-. The minimum Gasteiger partial charge on any atom is -0.462 e. The fourth-order valence-corrected chi connectivity index (χ4v) is 2.22. The van der Waals surface area contributed by atoms with Gasteiger partial charge in [-0.2, -0.15) is 0 Å². The molecule has 1 saturated heterocycles. The van der Waals surface area contributed by atoms with E-state index in [9.17, 15) is 4.79 Å². The Morgan fingerprint density at radius 2 is 1.72 bits per heavy atom. The van der Waals surface area contributed by atoms with Crippen LogP contribution in [0.15, 0.2) is 23.4 Å². The molecule has 1 aliphatic heterocycles. The maximum atomic E-state index is 11.7. The summed E-state index contributed by atoms with van der Waals surface area (Å²) in [7, 11) is 2.03. The largest absolute Gasteiger partial charge is 0.494 e. The third-order valence-corrected chi connectivity index (χ3v) is 4.48. The van der Waals surface area contributed by atoms with E-state index in [2.05, 4.69) is 14.7 Å². The Hall–Kier alpha value is -2.06. The molecule has 8 heteroatoms. The van der Waals surface area contributed by atoms with Crippen LogP contribution < -0.4 is 10.2 Å². The summed E-state index contributed by atoms with van der Waals surface area (Å²) in [5.41, 5.74) is 0.699. The number of carbonyl (C=O) groups excluding carboxylic acids is 1. The lowest BCUT2D eigenvalue weighted by molar-refractivity contribution is -0.134. The van der Waals surface area contributed by atoms with Crippen molar-refractivity contribution in [1.82, 2.24) is 0 Å². The molecule has 1 heterocycles. The zero-order chi connectivity index (χ0) is 18.8. The highest BCUT2D eigenvalue weighted by Gasteiger charge is 2.51. The number of oxime groups is 1. The molecule has 0 atom stereocenters. The molecule has 25 heavy (non-hydrogen) atoms. The molecule has 0 amide bonds. The Bertz CT molecular complexity index is 670. The SMILES string of the molecule is CO/N=C(\Oc1cc(B2OC(C)(C)C(C)(C)O2)ccc1C)C(=O)OC. The number of hydrogen-bond donors (Lipinski definition) is 0. The molecule has 1 aromatic rings. The number of nitrogens with zero attached hydrogens (tertiary/aromatic N) is 1. The molecule has 2 rings (SSSR count). The lowest BCUT2D eigenvalue weighted by atomic mass is 9.78. The van der Waals surface area contributed by atoms with E-state index in [4.69, 9.17) is 14.0 Å². The first-order valence-electron chi connectivity index (χ1n) is 7.95. The molecule has 7 nitrogen and oxygen atoms in total. The molecule has 0 spiro atoms. The van der Waals surface area contributed by atoms with Crippen LogP contribution in [0, 0.1) is 6.92 Å². The van der Waals surface area contributed by atoms with Gasteiger partial charge < -0.3 is 23.6 Å². The highest BCUT2D eigenvalue weighted by atomic mass is 16.7. The maximum absolute atomic E-state index is 11.7. The van der Waals surface area contributed by atoms with Crippen molar-refractivity contribution in [3.05, 3.63) is 23.8 Å². The van der Waals surface area contributed by atoms with Gasteiger partial charge in [0.1, 0.15) is 12.9 Å². The van der Waals surface area contributed by atoms with Gasteiger partial charge in [-0.25, -0.2) is 4.79 Å². The van der Waals surface area contributed by atoms with Gasteiger partial charge in [0.2, 0.25) is 0 Å². The first-order valence-corrected chi connectivity index (χ1v) is 7.95. The van der Waals surface area contributed by atoms with Gasteiger partial charge in [-0.1, -0.05) is 12.1 Å². The fourth-order valence-electron chi connectivity index (χ4n) is 2.22. The van der Waals surface area contributed by atoms with Crippen molar-refractivity contribution in [3.8, 4) is 5.75 Å². The Kier molecular flexibility index (Phi) is 5.44. The molecule has 136 valence electrons. The number of benzene rings is 1. The minimum absolute atomic E-state index is 0.292. The van der Waals surface area contributed by atoms with Gasteiger partial charge in [-0.15, -0.1) is 0 Å². The predicted molar refractivity (Wildman–Crippen MR) is 94.0 cm³/mol. The third-order valence-electron chi connectivity index (χ3n) is 4.48. The summed E-state index contributed by atoms with van der Waals surface area (Å²) < 4.78 is 22.3. The molecule has 0 N–H and O–H groups in total. The van der Waals surface area contributed by atoms with Crippen LogP contribution in [-0.4, -0.2) is 44.4 Å². The van der Waals surface area contributed by atoms with E-state index in [-0.39, 0.29) is 5.90 Å². The van der Waals surface area contributed by atoms with Gasteiger partial charge in [0.15, 0.2) is 0 Å². The predicted octanol–water partition coefficient (Wildman–Crippen LogP) is 1.81. The van der Waals surface area contributed by atoms with E-state index in [1.807, 2.05) is 46.8 Å². The van der Waals surface area contributed by atoms with Crippen LogP contribution in [0.1, 0.15) is 33.3 Å². The van der Waals surface area contributed by atoms with Crippen LogP contribution in [-0.2, 0) is 23.7 Å². The van der Waals surface area contributed by atoms with Crippen molar-refractivity contribution in [3.63, 3.8) is 0 Å². The zero-order valence-electron chi connectivity index (χ0n) is 15.7. The summed E-state index contributed by atoms with van der Waals surface area (Å²) >= 11 is 0. The summed E-state index contributed by atoms with van der Waals surface area (Å²) in [6.45, 7) is 9.79. The molecule has 1 fully saturated rings. The van der Waals surface area contributed by atoms with Gasteiger partial charge in [-0.3, -0.25) is 0 Å². The Balaban J connectivity index is 2.30. The Morgan fingerprint density at radius 1 is 1.12 bits per heavy atom. The van der Waals surface area contributed by atoms with Crippen molar-refractivity contribution < 1.29 is 28.4 Å². The van der Waals surface area contributed by atoms with E-state index >= 15 is 0 Å². The van der Waals surface area contributed by atoms with Gasteiger partial charge in [0.25, 0.3) is 0 Å². The van der Waals surface area contributed by atoms with Crippen molar-refractivity contribution in [2.75, 3.05) is 14.2 Å². The normalized spacial score (nSPS) is 18.8. The second-order valence-electron chi connectivity index (χ2n) is 6.79. The van der Waals surface area contributed by atoms with E-state index < -0.39 is 24.3 Å². The van der Waals surface area contributed by atoms with E-state index in [1.165, 1.54) is 14.2 Å². The number of esters is 1. The lowest BCUT2D eigenvalue weighted by Gasteiger charge is -2.32. The van der Waals surface area contributed by atoms with Gasteiger partial charge >= 0.3 is 19.0 Å². The molecule has 0 bridgehead atoms. The molecule has 0 saturated carbocycles. The molecule has 0 aliphatic carbocycles. The second kappa shape index (κ2) is 7.05. The summed E-state index contributed by atoms with van der Waals surface area (Å²) in [5.74, 6) is -0.588. The number of hydrogen-bond acceptors (Lipinski definition) is 7. The quantitative estimate of drug-likeness (QED) is 0.272. The molecule has 1 aliphatic rings. The van der Waals surface area contributed by atoms with Crippen LogP contribution in [0.25, 0.3) is 0 Å². The number of aryl methyl sites for hydroxylation is 1. The smallest absolute Gasteiger partial charge is 0.462 e. The van der Waals surface area contributed by atoms with Crippen LogP contribution in [0.2, 0.25) is 0 Å². The lowest BCUT2D eigenvalue weighted by Crippen LogP contribution is -2.41. The molecule has 0 radical (unpaired) electrons. The topological polar surface area (TPSA) is 75.6 Å². The minimum atomic E-state index is -0.734. The van der Waals surface area contributed by atoms with E-state index in [1.54, 1.807) is 6.07 Å². The van der Waals surface area contributed by atoms with Crippen molar-refractivity contribution in [1.29, 1.82) is 0 Å². The summed E-state index contributed by atoms with van der Waals surface area (Å²) in [6.07, 6.45) is 0. The summed E-state index contributed by atoms with van der Waals surface area (Å²) in [4.78, 5) is 16.4. The fraction of sp³-hybridized carbons (Fsp3) is 0.529. The summed E-state index contributed by atoms with van der Waals surface area (Å²) in [5, 5.41) is 3.56.